The van der Waals surface area contributed by atoms with E-state index in [1.54, 1.807) is 23.4 Å². The molecule has 0 bridgehead atoms. The molecule has 170 valence electrons. The molecule has 6 nitrogen and oxygen atoms in total. The van der Waals surface area contributed by atoms with Crippen molar-refractivity contribution in [2.24, 2.45) is 0 Å². The fourth-order valence-corrected chi connectivity index (χ4v) is 4.36. The Kier molecular flexibility index (Phi) is 5.28. The molecule has 33 heavy (non-hydrogen) atoms. The van der Waals surface area contributed by atoms with E-state index in [1.165, 1.54) is 6.20 Å². The molecule has 0 saturated carbocycles. The first-order chi connectivity index (χ1) is 15.8. The van der Waals surface area contributed by atoms with E-state index in [4.69, 9.17) is 11.6 Å². The number of rotatable bonds is 4. The summed E-state index contributed by atoms with van der Waals surface area (Å²) < 4.78 is 42.6. The van der Waals surface area contributed by atoms with Gasteiger partial charge in [-0.15, -0.1) is 0 Å². The molecule has 0 radical (unpaired) electrons. The SMILES string of the molecule is O=C(c1nc2c(C(F)(F)F)cc(-c3cc[nH]c3)cn2c1Cl)N1CCC(Nc2ccccc2)C1. The van der Waals surface area contributed by atoms with Crippen molar-refractivity contribution in [3.8, 4) is 11.1 Å². The van der Waals surface area contributed by atoms with E-state index in [0.717, 1.165) is 16.2 Å². The van der Waals surface area contributed by atoms with E-state index < -0.39 is 23.3 Å². The van der Waals surface area contributed by atoms with Gasteiger partial charge in [0.1, 0.15) is 5.15 Å². The lowest BCUT2D eigenvalue weighted by molar-refractivity contribution is -0.136. The number of para-hydroxylation sites is 1. The van der Waals surface area contributed by atoms with E-state index in [0.29, 0.717) is 30.6 Å². The number of alkyl halides is 3. The second-order valence-corrected chi connectivity index (χ2v) is 8.29. The van der Waals surface area contributed by atoms with Crippen molar-refractivity contribution in [3.05, 3.63) is 77.5 Å². The minimum absolute atomic E-state index is 0.0260. The highest BCUT2D eigenvalue weighted by Gasteiger charge is 2.37. The number of imidazole rings is 1. The van der Waals surface area contributed by atoms with Crippen molar-refractivity contribution in [1.29, 1.82) is 0 Å². The number of likely N-dealkylation sites (tertiary alicyclic amines) is 1. The third-order valence-corrected chi connectivity index (χ3v) is 6.08. The Balaban J connectivity index is 1.47. The molecular weight excluding hydrogens is 455 g/mol. The van der Waals surface area contributed by atoms with Gasteiger partial charge in [-0.25, -0.2) is 4.98 Å². The molecule has 1 fully saturated rings. The molecule has 1 atom stereocenters. The van der Waals surface area contributed by atoms with Gasteiger partial charge < -0.3 is 15.2 Å². The number of aromatic nitrogens is 3. The van der Waals surface area contributed by atoms with Gasteiger partial charge in [-0.3, -0.25) is 9.20 Å². The lowest BCUT2D eigenvalue weighted by Crippen LogP contribution is -2.32. The highest BCUT2D eigenvalue weighted by molar-refractivity contribution is 6.33. The zero-order chi connectivity index (χ0) is 23.2. The molecule has 0 aliphatic carbocycles. The maximum Gasteiger partial charge on any atom is 0.420 e. The quantitative estimate of drug-likeness (QED) is 0.421. The second kappa shape index (κ2) is 8.15. The molecule has 0 spiro atoms. The number of hydrogen-bond acceptors (Lipinski definition) is 3. The van der Waals surface area contributed by atoms with Crippen LogP contribution in [0.3, 0.4) is 0 Å². The molecule has 1 aliphatic rings. The van der Waals surface area contributed by atoms with Crippen LogP contribution in [0.5, 0.6) is 0 Å². The number of nitrogens with zero attached hydrogens (tertiary/aromatic N) is 3. The van der Waals surface area contributed by atoms with Gasteiger partial charge in [0.15, 0.2) is 11.3 Å². The number of hydrogen-bond donors (Lipinski definition) is 2. The largest absolute Gasteiger partial charge is 0.420 e. The van der Waals surface area contributed by atoms with E-state index in [1.807, 2.05) is 30.3 Å². The average molecular weight is 474 g/mol. The molecule has 2 N–H and O–H groups in total. The first-order valence-corrected chi connectivity index (χ1v) is 10.7. The summed E-state index contributed by atoms with van der Waals surface area (Å²) in [7, 11) is 0. The topological polar surface area (TPSA) is 65.4 Å². The standard InChI is InChI=1S/C23H19ClF3N5O/c24-20-19(22(33)31-9-7-17(13-31)29-16-4-2-1-3-5-16)30-21-18(23(25,26)27)10-15(12-32(20)21)14-6-8-28-11-14/h1-6,8,10-12,17,28-29H,7,9,13H2. The van der Waals surface area contributed by atoms with Crippen LogP contribution in [0.2, 0.25) is 5.15 Å². The van der Waals surface area contributed by atoms with Gasteiger partial charge in [0.05, 0.1) is 5.56 Å². The third-order valence-electron chi connectivity index (χ3n) is 5.72. The highest BCUT2D eigenvalue weighted by Crippen LogP contribution is 2.37. The molecule has 1 unspecified atom stereocenters. The predicted octanol–water partition coefficient (Wildman–Crippen LogP) is 5.33. The summed E-state index contributed by atoms with van der Waals surface area (Å²) in [6.07, 6.45) is 0.703. The summed E-state index contributed by atoms with van der Waals surface area (Å²) in [4.78, 5) is 21.6. The Morgan fingerprint density at radius 3 is 2.67 bits per heavy atom. The van der Waals surface area contributed by atoms with Crippen LogP contribution in [-0.4, -0.2) is 44.3 Å². The number of aromatic amines is 1. The number of halogens is 4. The maximum atomic E-state index is 13.8. The zero-order valence-corrected chi connectivity index (χ0v) is 18.0. The Morgan fingerprint density at radius 1 is 1.18 bits per heavy atom. The molecule has 1 aromatic carbocycles. The molecule has 1 aliphatic heterocycles. The molecular formula is C23H19ClF3N5O. The maximum absolute atomic E-state index is 13.8. The van der Waals surface area contributed by atoms with Gasteiger partial charge in [-0.1, -0.05) is 29.8 Å². The summed E-state index contributed by atoms with van der Waals surface area (Å²) in [6.45, 7) is 0.854. The number of fused-ring (bicyclic) bond motifs is 1. The molecule has 4 heterocycles. The normalized spacial score (nSPS) is 16.5. The summed E-state index contributed by atoms with van der Waals surface area (Å²) in [5, 5.41) is 3.22. The Morgan fingerprint density at radius 2 is 1.97 bits per heavy atom. The Hall–Kier alpha value is -3.46. The molecule has 1 saturated heterocycles. The highest BCUT2D eigenvalue weighted by atomic mass is 35.5. The molecule has 3 aromatic heterocycles. The summed E-state index contributed by atoms with van der Waals surface area (Å²) in [6, 6.07) is 12.3. The smallest absolute Gasteiger partial charge is 0.380 e. The fraction of sp³-hybridized carbons (Fsp3) is 0.217. The van der Waals surface area contributed by atoms with Crippen molar-refractivity contribution in [3.63, 3.8) is 0 Å². The van der Waals surface area contributed by atoms with E-state index in [9.17, 15) is 18.0 Å². The van der Waals surface area contributed by atoms with Gasteiger partial charge in [0.2, 0.25) is 0 Å². The van der Waals surface area contributed by atoms with Crippen molar-refractivity contribution in [2.75, 3.05) is 18.4 Å². The van der Waals surface area contributed by atoms with Crippen LogP contribution in [0.1, 0.15) is 22.5 Å². The third kappa shape index (κ3) is 4.04. The van der Waals surface area contributed by atoms with Crippen molar-refractivity contribution in [1.82, 2.24) is 19.3 Å². The van der Waals surface area contributed by atoms with Crippen molar-refractivity contribution in [2.45, 2.75) is 18.6 Å². The van der Waals surface area contributed by atoms with Gasteiger partial charge >= 0.3 is 6.18 Å². The van der Waals surface area contributed by atoms with Crippen molar-refractivity contribution >= 4 is 28.8 Å². The molecule has 1 amide bonds. The van der Waals surface area contributed by atoms with E-state index >= 15 is 0 Å². The zero-order valence-electron chi connectivity index (χ0n) is 17.2. The minimum Gasteiger partial charge on any atom is -0.380 e. The monoisotopic (exact) mass is 473 g/mol. The van der Waals surface area contributed by atoms with Crippen molar-refractivity contribution < 1.29 is 18.0 Å². The lowest BCUT2D eigenvalue weighted by Gasteiger charge is -2.17. The van der Waals surface area contributed by atoms with Crippen LogP contribution in [0.4, 0.5) is 18.9 Å². The first kappa shape index (κ1) is 21.4. The average Bonchev–Trinajstić information content (AvgIpc) is 3.54. The minimum atomic E-state index is -4.67. The second-order valence-electron chi connectivity index (χ2n) is 7.93. The van der Waals surface area contributed by atoms with Crippen LogP contribution in [0, 0.1) is 0 Å². The van der Waals surface area contributed by atoms with Crippen LogP contribution >= 0.6 is 11.6 Å². The lowest BCUT2D eigenvalue weighted by atomic mass is 10.1. The number of H-pyrrole nitrogens is 1. The fourth-order valence-electron chi connectivity index (χ4n) is 4.11. The summed E-state index contributed by atoms with van der Waals surface area (Å²) in [5.41, 5.74) is 0.279. The molecule has 10 heteroatoms. The Labute approximate surface area is 192 Å². The van der Waals surface area contributed by atoms with Crippen LogP contribution in [0.25, 0.3) is 16.8 Å². The number of carbonyl (C=O) groups is 1. The Bertz CT molecular complexity index is 1300. The number of pyridine rings is 1. The van der Waals surface area contributed by atoms with Crippen LogP contribution < -0.4 is 5.32 Å². The van der Waals surface area contributed by atoms with Gasteiger partial charge in [-0.05, 0) is 30.7 Å². The van der Waals surface area contributed by atoms with Gasteiger partial charge in [-0.2, -0.15) is 13.2 Å². The first-order valence-electron chi connectivity index (χ1n) is 10.3. The number of benzene rings is 1. The van der Waals surface area contributed by atoms with Gasteiger partial charge in [0, 0.05) is 54.5 Å². The van der Waals surface area contributed by atoms with E-state index in [2.05, 4.69) is 15.3 Å². The van der Waals surface area contributed by atoms with Crippen LogP contribution in [-0.2, 0) is 6.18 Å². The summed E-state index contributed by atoms with van der Waals surface area (Å²) in [5.74, 6) is -0.489. The number of nitrogens with one attached hydrogen (secondary N) is 2. The summed E-state index contributed by atoms with van der Waals surface area (Å²) >= 11 is 6.41. The van der Waals surface area contributed by atoms with Crippen LogP contribution in [0.15, 0.2) is 61.1 Å². The molecule has 5 rings (SSSR count). The molecule has 4 aromatic rings. The van der Waals surface area contributed by atoms with Gasteiger partial charge in [0.25, 0.3) is 5.91 Å². The number of amides is 1. The number of carbonyl (C=O) groups excluding carboxylic acids is 1. The predicted molar refractivity (Wildman–Crippen MR) is 119 cm³/mol. The van der Waals surface area contributed by atoms with E-state index in [-0.39, 0.29) is 16.9 Å². The number of anilines is 1.